The summed E-state index contributed by atoms with van der Waals surface area (Å²) in [6, 6.07) is 16.7. The van der Waals surface area contributed by atoms with Gasteiger partial charge in [-0.1, -0.05) is 36.4 Å². The minimum absolute atomic E-state index is 0.133. The highest BCUT2D eigenvalue weighted by molar-refractivity contribution is 5.95. The number of ether oxygens (including phenoxy) is 1. The second kappa shape index (κ2) is 6.40. The second-order valence-corrected chi connectivity index (χ2v) is 3.91. The van der Waals surface area contributed by atoms with E-state index in [-0.39, 0.29) is 5.91 Å². The summed E-state index contributed by atoms with van der Waals surface area (Å²) >= 11 is 0. The Kier molecular flexibility index (Phi) is 4.34. The average molecular weight is 253 g/mol. The minimum Gasteiger partial charge on any atom is -0.496 e. The Morgan fingerprint density at radius 2 is 1.74 bits per heavy atom. The van der Waals surface area contributed by atoms with E-state index in [4.69, 9.17) is 4.74 Å². The Hall–Kier alpha value is -2.55. The van der Waals surface area contributed by atoms with Gasteiger partial charge in [-0.05, 0) is 24.3 Å². The van der Waals surface area contributed by atoms with Crippen LogP contribution in [0.25, 0.3) is 6.08 Å². The van der Waals surface area contributed by atoms with Crippen LogP contribution in [0.2, 0.25) is 0 Å². The molecule has 0 aromatic heterocycles. The smallest absolute Gasteiger partial charge is 0.255 e. The molecule has 3 nitrogen and oxygen atoms in total. The van der Waals surface area contributed by atoms with Crippen LogP contribution in [-0.4, -0.2) is 13.0 Å². The SMILES string of the molecule is COc1ccccc1/C=C/NC(=O)c1ccccc1. The van der Waals surface area contributed by atoms with Crippen LogP contribution in [0.15, 0.2) is 60.8 Å². The standard InChI is InChI=1S/C16H15NO2/c1-19-15-10-6-5-7-13(15)11-12-17-16(18)14-8-3-2-4-9-14/h2-12H,1H3,(H,17,18)/b12-11+. The topological polar surface area (TPSA) is 38.3 Å². The highest BCUT2D eigenvalue weighted by Gasteiger charge is 2.01. The van der Waals surface area contributed by atoms with Crippen molar-refractivity contribution in [1.82, 2.24) is 5.32 Å². The van der Waals surface area contributed by atoms with E-state index < -0.39 is 0 Å². The first-order valence-corrected chi connectivity index (χ1v) is 5.97. The quantitative estimate of drug-likeness (QED) is 0.909. The van der Waals surface area contributed by atoms with Gasteiger partial charge in [0.1, 0.15) is 5.75 Å². The molecule has 0 aliphatic rings. The molecular weight excluding hydrogens is 238 g/mol. The van der Waals surface area contributed by atoms with Gasteiger partial charge >= 0.3 is 0 Å². The summed E-state index contributed by atoms with van der Waals surface area (Å²) in [5, 5.41) is 2.72. The monoisotopic (exact) mass is 253 g/mol. The molecular formula is C16H15NO2. The van der Waals surface area contributed by atoms with Crippen LogP contribution < -0.4 is 10.1 Å². The summed E-state index contributed by atoms with van der Waals surface area (Å²) in [6.45, 7) is 0. The Labute approximate surface area is 112 Å². The first-order valence-electron chi connectivity index (χ1n) is 5.97. The summed E-state index contributed by atoms with van der Waals surface area (Å²) in [6.07, 6.45) is 3.42. The van der Waals surface area contributed by atoms with Gasteiger partial charge in [-0.3, -0.25) is 4.79 Å². The molecule has 0 spiro atoms. The Bertz CT molecular complexity index is 576. The van der Waals surface area contributed by atoms with E-state index in [0.29, 0.717) is 5.56 Å². The molecule has 2 aromatic rings. The molecule has 0 unspecified atom stereocenters. The lowest BCUT2D eigenvalue weighted by atomic mass is 10.2. The predicted molar refractivity (Wildman–Crippen MR) is 75.9 cm³/mol. The zero-order valence-corrected chi connectivity index (χ0v) is 10.7. The van der Waals surface area contributed by atoms with Crippen molar-refractivity contribution >= 4 is 12.0 Å². The zero-order valence-electron chi connectivity index (χ0n) is 10.7. The fourth-order valence-electron chi connectivity index (χ4n) is 1.68. The van der Waals surface area contributed by atoms with Crippen molar-refractivity contribution in [3.8, 4) is 5.75 Å². The van der Waals surface area contributed by atoms with E-state index in [9.17, 15) is 4.79 Å². The molecule has 0 bridgehead atoms. The second-order valence-electron chi connectivity index (χ2n) is 3.91. The Morgan fingerprint density at radius 3 is 2.47 bits per heavy atom. The summed E-state index contributed by atoms with van der Waals surface area (Å²) in [4.78, 5) is 11.8. The van der Waals surface area contributed by atoms with Crippen LogP contribution in [0.3, 0.4) is 0 Å². The maximum Gasteiger partial charge on any atom is 0.255 e. The molecule has 1 amide bonds. The first kappa shape index (κ1) is 12.9. The highest BCUT2D eigenvalue weighted by Crippen LogP contribution is 2.18. The number of hydrogen-bond acceptors (Lipinski definition) is 2. The van der Waals surface area contributed by atoms with Gasteiger partial charge in [-0.15, -0.1) is 0 Å². The van der Waals surface area contributed by atoms with Crippen LogP contribution in [0.1, 0.15) is 15.9 Å². The minimum atomic E-state index is -0.133. The largest absolute Gasteiger partial charge is 0.496 e. The summed E-state index contributed by atoms with van der Waals surface area (Å²) in [7, 11) is 1.62. The molecule has 3 heteroatoms. The van der Waals surface area contributed by atoms with Crippen molar-refractivity contribution < 1.29 is 9.53 Å². The maximum atomic E-state index is 11.8. The molecule has 0 saturated carbocycles. The van der Waals surface area contributed by atoms with Gasteiger partial charge in [0.15, 0.2) is 0 Å². The summed E-state index contributed by atoms with van der Waals surface area (Å²) < 4.78 is 5.22. The van der Waals surface area contributed by atoms with Gasteiger partial charge in [0.25, 0.3) is 5.91 Å². The Morgan fingerprint density at radius 1 is 1.05 bits per heavy atom. The lowest BCUT2D eigenvalue weighted by molar-refractivity contribution is 0.0970. The molecule has 2 rings (SSSR count). The third kappa shape index (κ3) is 3.45. The van der Waals surface area contributed by atoms with Gasteiger partial charge in [-0.25, -0.2) is 0 Å². The molecule has 0 saturated heterocycles. The fraction of sp³-hybridized carbons (Fsp3) is 0.0625. The molecule has 19 heavy (non-hydrogen) atoms. The number of rotatable bonds is 4. The molecule has 0 atom stereocenters. The van der Waals surface area contributed by atoms with E-state index >= 15 is 0 Å². The lowest BCUT2D eigenvalue weighted by Gasteiger charge is -2.04. The van der Waals surface area contributed by atoms with Crippen molar-refractivity contribution in [2.24, 2.45) is 0 Å². The number of para-hydroxylation sites is 1. The third-order valence-corrected chi connectivity index (χ3v) is 2.65. The van der Waals surface area contributed by atoms with Crippen LogP contribution in [0.4, 0.5) is 0 Å². The highest BCUT2D eigenvalue weighted by atomic mass is 16.5. The summed E-state index contributed by atoms with van der Waals surface area (Å²) in [5.74, 6) is 0.638. The Balaban J connectivity index is 2.02. The molecule has 0 aliphatic carbocycles. The molecule has 2 aromatic carbocycles. The number of hydrogen-bond donors (Lipinski definition) is 1. The van der Waals surface area contributed by atoms with Crippen molar-refractivity contribution in [3.05, 3.63) is 71.9 Å². The lowest BCUT2D eigenvalue weighted by Crippen LogP contribution is -2.16. The van der Waals surface area contributed by atoms with Crippen LogP contribution >= 0.6 is 0 Å². The van der Waals surface area contributed by atoms with Crippen molar-refractivity contribution in [3.63, 3.8) is 0 Å². The summed E-state index contributed by atoms with van der Waals surface area (Å²) in [5.41, 5.74) is 1.55. The van der Waals surface area contributed by atoms with Gasteiger partial charge < -0.3 is 10.1 Å². The van der Waals surface area contributed by atoms with Crippen LogP contribution in [0.5, 0.6) is 5.75 Å². The predicted octanol–water partition coefficient (Wildman–Crippen LogP) is 3.10. The molecule has 0 fully saturated rings. The van der Waals surface area contributed by atoms with Crippen LogP contribution in [-0.2, 0) is 0 Å². The van der Waals surface area contributed by atoms with E-state index in [0.717, 1.165) is 11.3 Å². The number of methoxy groups -OCH3 is 1. The van der Waals surface area contributed by atoms with Gasteiger partial charge in [-0.2, -0.15) is 0 Å². The number of carbonyl (C=O) groups excluding carboxylic acids is 1. The van der Waals surface area contributed by atoms with Crippen molar-refractivity contribution in [2.45, 2.75) is 0 Å². The van der Waals surface area contributed by atoms with E-state index in [1.165, 1.54) is 0 Å². The number of carbonyl (C=O) groups is 1. The van der Waals surface area contributed by atoms with Crippen LogP contribution in [0, 0.1) is 0 Å². The van der Waals surface area contributed by atoms with Gasteiger partial charge in [0.05, 0.1) is 7.11 Å². The molecule has 0 aliphatic heterocycles. The molecule has 96 valence electrons. The van der Waals surface area contributed by atoms with Crippen molar-refractivity contribution in [2.75, 3.05) is 7.11 Å². The number of amides is 1. The average Bonchev–Trinajstić information content (AvgIpc) is 2.48. The normalized spacial score (nSPS) is 10.4. The van der Waals surface area contributed by atoms with Gasteiger partial charge in [0, 0.05) is 17.3 Å². The van der Waals surface area contributed by atoms with Crippen molar-refractivity contribution in [1.29, 1.82) is 0 Å². The van der Waals surface area contributed by atoms with E-state index in [1.807, 2.05) is 42.5 Å². The van der Waals surface area contributed by atoms with E-state index in [1.54, 1.807) is 31.5 Å². The first-order chi connectivity index (χ1) is 9.31. The molecule has 0 heterocycles. The molecule has 1 N–H and O–H groups in total. The third-order valence-electron chi connectivity index (χ3n) is 2.65. The number of benzene rings is 2. The number of nitrogens with one attached hydrogen (secondary N) is 1. The van der Waals surface area contributed by atoms with E-state index in [2.05, 4.69) is 5.32 Å². The fourth-order valence-corrected chi connectivity index (χ4v) is 1.68. The molecule has 0 radical (unpaired) electrons. The maximum absolute atomic E-state index is 11.8. The van der Waals surface area contributed by atoms with Gasteiger partial charge in [0.2, 0.25) is 0 Å². The zero-order chi connectivity index (χ0) is 13.5.